The Morgan fingerprint density at radius 3 is 2.33 bits per heavy atom. The summed E-state index contributed by atoms with van der Waals surface area (Å²) in [5, 5.41) is 0.790. The van der Waals surface area contributed by atoms with E-state index in [2.05, 4.69) is 6.58 Å². The van der Waals surface area contributed by atoms with Crippen LogP contribution in [0.2, 0.25) is 5.02 Å². The third kappa shape index (κ3) is 3.44. The maximum atomic E-state index is 6.05. The van der Waals surface area contributed by atoms with Crippen LogP contribution in [0.5, 0.6) is 5.75 Å². The Hall–Kier alpha value is -0.660. The summed E-state index contributed by atoms with van der Waals surface area (Å²) in [7, 11) is 0. The van der Waals surface area contributed by atoms with Crippen molar-refractivity contribution >= 4 is 23.2 Å². The van der Waals surface area contributed by atoms with E-state index in [1.807, 2.05) is 26.0 Å². The summed E-state index contributed by atoms with van der Waals surface area (Å²) in [6.07, 6.45) is 0. The summed E-state index contributed by atoms with van der Waals surface area (Å²) in [6.45, 7) is 8.13. The van der Waals surface area contributed by atoms with Gasteiger partial charge in [-0.25, -0.2) is 0 Å². The van der Waals surface area contributed by atoms with Gasteiger partial charge in [-0.15, -0.1) is 11.6 Å². The molecular formula is C12H14Cl2O. The fourth-order valence-corrected chi connectivity index (χ4v) is 1.40. The molecule has 0 spiro atoms. The minimum atomic E-state index is 0.422. The number of alkyl halides is 1. The van der Waals surface area contributed by atoms with Crippen LogP contribution in [0.15, 0.2) is 24.3 Å². The monoisotopic (exact) mass is 244 g/mol. The molecule has 0 saturated carbocycles. The Labute approximate surface area is 101 Å². The topological polar surface area (TPSA) is 9.23 Å². The second-order valence-electron chi connectivity index (χ2n) is 3.54. The van der Waals surface area contributed by atoms with Crippen molar-refractivity contribution in [3.05, 3.63) is 40.4 Å². The molecule has 0 saturated heterocycles. The van der Waals surface area contributed by atoms with Crippen LogP contribution in [0.1, 0.15) is 11.1 Å². The number of rotatable bonds is 4. The highest BCUT2D eigenvalue weighted by Gasteiger charge is 2.03. The third-order valence-corrected chi connectivity index (χ3v) is 3.02. The van der Waals surface area contributed by atoms with Crippen LogP contribution in [0.4, 0.5) is 0 Å². The van der Waals surface area contributed by atoms with Crippen molar-refractivity contribution in [2.24, 2.45) is 0 Å². The minimum Gasteiger partial charge on any atom is -0.489 e. The molecule has 0 heterocycles. The Morgan fingerprint density at radius 1 is 1.33 bits per heavy atom. The van der Waals surface area contributed by atoms with Gasteiger partial charge in [0.1, 0.15) is 12.4 Å². The lowest BCUT2D eigenvalue weighted by Gasteiger charge is -2.10. The zero-order valence-corrected chi connectivity index (χ0v) is 10.5. The average Bonchev–Trinajstić information content (AvgIpc) is 2.22. The molecule has 0 radical (unpaired) electrons. The van der Waals surface area contributed by atoms with Crippen molar-refractivity contribution in [1.29, 1.82) is 0 Å². The van der Waals surface area contributed by atoms with Gasteiger partial charge < -0.3 is 4.74 Å². The van der Waals surface area contributed by atoms with Gasteiger partial charge in [-0.05, 0) is 42.7 Å². The second-order valence-corrected chi connectivity index (χ2v) is 4.19. The van der Waals surface area contributed by atoms with Gasteiger partial charge in [-0.3, -0.25) is 0 Å². The van der Waals surface area contributed by atoms with Gasteiger partial charge in [-0.2, -0.15) is 0 Å². The van der Waals surface area contributed by atoms with E-state index >= 15 is 0 Å². The van der Waals surface area contributed by atoms with Gasteiger partial charge in [0.2, 0.25) is 0 Å². The van der Waals surface area contributed by atoms with E-state index in [1.54, 1.807) is 0 Å². The van der Waals surface area contributed by atoms with Gasteiger partial charge in [0.15, 0.2) is 0 Å². The normalized spacial score (nSPS) is 10.1. The van der Waals surface area contributed by atoms with Crippen molar-refractivity contribution in [2.45, 2.75) is 13.8 Å². The predicted octanol–water partition coefficient (Wildman–Crippen LogP) is 4.13. The first-order valence-corrected chi connectivity index (χ1v) is 5.58. The van der Waals surface area contributed by atoms with Crippen LogP contribution in [-0.4, -0.2) is 12.5 Å². The van der Waals surface area contributed by atoms with Gasteiger partial charge >= 0.3 is 0 Å². The SMILES string of the molecule is C=C(CCl)COc1cc(C)c(Cl)c(C)c1. The molecule has 3 heteroatoms. The van der Waals surface area contributed by atoms with Crippen LogP contribution in [0.25, 0.3) is 0 Å². The molecule has 0 aliphatic heterocycles. The molecule has 0 N–H and O–H groups in total. The molecule has 1 nitrogen and oxygen atoms in total. The standard InChI is InChI=1S/C12H14Cl2O/c1-8(6-13)7-15-11-4-9(2)12(14)10(3)5-11/h4-5H,1,6-7H2,2-3H3. The second kappa shape index (κ2) is 5.43. The lowest BCUT2D eigenvalue weighted by molar-refractivity contribution is 0.352. The average molecular weight is 245 g/mol. The van der Waals surface area contributed by atoms with E-state index in [0.717, 1.165) is 27.5 Å². The number of halogens is 2. The van der Waals surface area contributed by atoms with Crippen LogP contribution < -0.4 is 4.74 Å². The number of hydrogen-bond acceptors (Lipinski definition) is 1. The Balaban J connectivity index is 2.75. The zero-order chi connectivity index (χ0) is 11.4. The van der Waals surface area contributed by atoms with Crippen LogP contribution in [0, 0.1) is 13.8 Å². The van der Waals surface area contributed by atoms with Crippen LogP contribution in [0.3, 0.4) is 0 Å². The number of ether oxygens (including phenoxy) is 1. The number of aryl methyl sites for hydroxylation is 2. The number of benzene rings is 1. The van der Waals surface area contributed by atoms with E-state index in [-0.39, 0.29) is 0 Å². The van der Waals surface area contributed by atoms with Crippen molar-refractivity contribution in [1.82, 2.24) is 0 Å². The van der Waals surface area contributed by atoms with E-state index in [0.29, 0.717) is 12.5 Å². The van der Waals surface area contributed by atoms with E-state index in [4.69, 9.17) is 27.9 Å². The van der Waals surface area contributed by atoms with E-state index in [9.17, 15) is 0 Å². The lowest BCUT2D eigenvalue weighted by Crippen LogP contribution is -2.01. The molecule has 0 amide bonds. The van der Waals surface area contributed by atoms with Gasteiger partial charge in [-0.1, -0.05) is 18.2 Å². The molecule has 0 aliphatic carbocycles. The summed E-state index contributed by atoms with van der Waals surface area (Å²) in [5.74, 6) is 1.23. The predicted molar refractivity (Wildman–Crippen MR) is 66.3 cm³/mol. The molecule has 1 aromatic carbocycles. The minimum absolute atomic E-state index is 0.422. The van der Waals surface area contributed by atoms with Gasteiger partial charge in [0.05, 0.1) is 0 Å². The van der Waals surface area contributed by atoms with Crippen molar-refractivity contribution in [2.75, 3.05) is 12.5 Å². The molecule has 0 atom stereocenters. The highest BCUT2D eigenvalue weighted by molar-refractivity contribution is 6.32. The maximum absolute atomic E-state index is 6.05. The summed E-state index contributed by atoms with van der Waals surface area (Å²) in [5.41, 5.74) is 2.90. The van der Waals surface area contributed by atoms with Crippen molar-refractivity contribution < 1.29 is 4.74 Å². The van der Waals surface area contributed by atoms with Crippen molar-refractivity contribution in [3.8, 4) is 5.75 Å². The fourth-order valence-electron chi connectivity index (χ4n) is 1.21. The molecule has 0 aromatic heterocycles. The first-order valence-electron chi connectivity index (χ1n) is 4.66. The molecule has 0 bridgehead atoms. The van der Waals surface area contributed by atoms with E-state index < -0.39 is 0 Å². The molecule has 0 fully saturated rings. The van der Waals surface area contributed by atoms with Crippen molar-refractivity contribution in [3.63, 3.8) is 0 Å². The Morgan fingerprint density at radius 2 is 1.87 bits per heavy atom. The fraction of sp³-hybridized carbons (Fsp3) is 0.333. The third-order valence-electron chi connectivity index (χ3n) is 2.04. The molecule has 82 valence electrons. The smallest absolute Gasteiger partial charge is 0.120 e. The molecule has 0 aliphatic rings. The summed E-state index contributed by atoms with van der Waals surface area (Å²) in [6, 6.07) is 3.83. The Kier molecular flexibility index (Phi) is 4.49. The first kappa shape index (κ1) is 12.4. The molecule has 1 aromatic rings. The Bertz CT molecular complexity index is 349. The highest BCUT2D eigenvalue weighted by atomic mass is 35.5. The lowest BCUT2D eigenvalue weighted by atomic mass is 10.1. The number of hydrogen-bond donors (Lipinski definition) is 0. The zero-order valence-electron chi connectivity index (χ0n) is 8.94. The highest BCUT2D eigenvalue weighted by Crippen LogP contribution is 2.25. The first-order chi connectivity index (χ1) is 7.04. The van der Waals surface area contributed by atoms with Crippen LogP contribution in [-0.2, 0) is 0 Å². The quantitative estimate of drug-likeness (QED) is 0.572. The maximum Gasteiger partial charge on any atom is 0.120 e. The van der Waals surface area contributed by atoms with Gasteiger partial charge in [0, 0.05) is 10.9 Å². The summed E-state index contributed by atoms with van der Waals surface area (Å²) < 4.78 is 5.53. The summed E-state index contributed by atoms with van der Waals surface area (Å²) in [4.78, 5) is 0. The van der Waals surface area contributed by atoms with Gasteiger partial charge in [0.25, 0.3) is 0 Å². The molecule has 0 unspecified atom stereocenters. The summed E-state index contributed by atoms with van der Waals surface area (Å²) >= 11 is 11.7. The molecular weight excluding hydrogens is 231 g/mol. The largest absolute Gasteiger partial charge is 0.489 e. The van der Waals surface area contributed by atoms with Crippen LogP contribution >= 0.6 is 23.2 Å². The molecule has 15 heavy (non-hydrogen) atoms. The molecule has 1 rings (SSSR count). The van der Waals surface area contributed by atoms with E-state index in [1.165, 1.54) is 0 Å².